The number of nitrogens with one attached hydrogen (secondary N) is 1. The van der Waals surface area contributed by atoms with Crippen molar-refractivity contribution in [2.45, 2.75) is 31.8 Å². The fourth-order valence-electron chi connectivity index (χ4n) is 1.70. The molecule has 1 aliphatic rings. The van der Waals surface area contributed by atoms with E-state index in [0.29, 0.717) is 19.3 Å². The van der Waals surface area contributed by atoms with Crippen LogP contribution in [0.3, 0.4) is 0 Å². The van der Waals surface area contributed by atoms with Crippen molar-refractivity contribution in [1.29, 1.82) is 0 Å². The molecule has 0 saturated carbocycles. The number of hydrogen-bond donors (Lipinski definition) is 1. The highest BCUT2D eigenvalue weighted by atomic mass is 16.5. The van der Waals surface area contributed by atoms with Crippen molar-refractivity contribution >= 4 is 0 Å². The van der Waals surface area contributed by atoms with E-state index in [-0.39, 0.29) is 0 Å². The quantitative estimate of drug-likeness (QED) is 0.593. The van der Waals surface area contributed by atoms with E-state index in [1.54, 1.807) is 7.11 Å². The molecule has 0 bridgehead atoms. The van der Waals surface area contributed by atoms with Crippen LogP contribution in [0.15, 0.2) is 12.3 Å². The van der Waals surface area contributed by atoms with Crippen LogP contribution in [0.4, 0.5) is 0 Å². The second kappa shape index (κ2) is 10.6. The topological polar surface area (TPSA) is 39.7 Å². The predicted molar refractivity (Wildman–Crippen MR) is 68.0 cm³/mol. The van der Waals surface area contributed by atoms with E-state index in [1.165, 1.54) is 0 Å². The highest BCUT2D eigenvalue weighted by Gasteiger charge is 2.09. The molecule has 0 aliphatic carbocycles. The number of methoxy groups -OCH3 is 1. The highest BCUT2D eigenvalue weighted by Crippen LogP contribution is 2.08. The standard InChI is InChI=1S/C13H25NO3/c1-15-10-11-16-8-5-3-7-14-12-13-6-2-4-9-17-13/h4,9,13-14H,2-3,5-8,10-12H2,1H3. The van der Waals surface area contributed by atoms with Crippen LogP contribution in [0, 0.1) is 0 Å². The molecule has 4 heteroatoms. The first-order valence-electron chi connectivity index (χ1n) is 6.51. The van der Waals surface area contributed by atoms with Gasteiger partial charge in [-0.3, -0.25) is 0 Å². The monoisotopic (exact) mass is 243 g/mol. The Bertz CT molecular complexity index is 197. The molecule has 1 N–H and O–H groups in total. The Morgan fingerprint density at radius 3 is 3.00 bits per heavy atom. The molecule has 0 aromatic carbocycles. The number of rotatable bonds is 10. The molecule has 0 amide bonds. The Morgan fingerprint density at radius 1 is 1.29 bits per heavy atom. The summed E-state index contributed by atoms with van der Waals surface area (Å²) >= 11 is 0. The van der Waals surface area contributed by atoms with Crippen LogP contribution >= 0.6 is 0 Å². The van der Waals surface area contributed by atoms with Crippen molar-refractivity contribution in [3.05, 3.63) is 12.3 Å². The van der Waals surface area contributed by atoms with Gasteiger partial charge in [0.25, 0.3) is 0 Å². The minimum absolute atomic E-state index is 0.359. The van der Waals surface area contributed by atoms with Gasteiger partial charge in [0.15, 0.2) is 0 Å². The zero-order valence-corrected chi connectivity index (χ0v) is 10.8. The van der Waals surface area contributed by atoms with E-state index in [2.05, 4.69) is 11.4 Å². The highest BCUT2D eigenvalue weighted by molar-refractivity contribution is 4.82. The molecule has 0 fully saturated rings. The third-order valence-electron chi connectivity index (χ3n) is 2.72. The Morgan fingerprint density at radius 2 is 2.24 bits per heavy atom. The van der Waals surface area contributed by atoms with Gasteiger partial charge in [0.05, 0.1) is 19.5 Å². The maximum atomic E-state index is 5.47. The van der Waals surface area contributed by atoms with E-state index >= 15 is 0 Å². The summed E-state index contributed by atoms with van der Waals surface area (Å²) < 4.78 is 15.7. The van der Waals surface area contributed by atoms with Gasteiger partial charge in [0, 0.05) is 20.3 Å². The van der Waals surface area contributed by atoms with Gasteiger partial charge in [-0.25, -0.2) is 0 Å². The van der Waals surface area contributed by atoms with Crippen LogP contribution in [0.5, 0.6) is 0 Å². The van der Waals surface area contributed by atoms with E-state index in [4.69, 9.17) is 14.2 Å². The predicted octanol–water partition coefficient (Wildman–Crippen LogP) is 1.71. The normalized spacial score (nSPS) is 19.2. The average Bonchev–Trinajstić information content (AvgIpc) is 2.38. The van der Waals surface area contributed by atoms with Gasteiger partial charge in [-0.2, -0.15) is 0 Å². The zero-order chi connectivity index (χ0) is 12.2. The van der Waals surface area contributed by atoms with E-state index in [9.17, 15) is 0 Å². The van der Waals surface area contributed by atoms with E-state index in [1.807, 2.05) is 6.26 Å². The first-order valence-corrected chi connectivity index (χ1v) is 6.51. The largest absolute Gasteiger partial charge is 0.497 e. The molecule has 1 aliphatic heterocycles. The molecule has 100 valence electrons. The molecule has 0 radical (unpaired) electrons. The number of ether oxygens (including phenoxy) is 3. The maximum absolute atomic E-state index is 5.47. The van der Waals surface area contributed by atoms with Gasteiger partial charge >= 0.3 is 0 Å². The van der Waals surface area contributed by atoms with Gasteiger partial charge < -0.3 is 19.5 Å². The van der Waals surface area contributed by atoms with Gasteiger partial charge in [0.1, 0.15) is 6.10 Å². The SMILES string of the molecule is COCCOCCCCNCC1CCC=CO1. The molecule has 4 nitrogen and oxygen atoms in total. The van der Waals surface area contributed by atoms with Gasteiger partial charge in [-0.15, -0.1) is 0 Å². The second-order valence-electron chi connectivity index (χ2n) is 4.22. The van der Waals surface area contributed by atoms with Crippen LogP contribution < -0.4 is 5.32 Å². The summed E-state index contributed by atoms with van der Waals surface area (Å²) in [5.41, 5.74) is 0. The lowest BCUT2D eigenvalue weighted by molar-refractivity contribution is 0.0686. The lowest BCUT2D eigenvalue weighted by Gasteiger charge is -2.19. The molecule has 1 heterocycles. The zero-order valence-electron chi connectivity index (χ0n) is 10.8. The number of unbranched alkanes of at least 4 members (excludes halogenated alkanes) is 1. The molecule has 0 aromatic heterocycles. The van der Waals surface area contributed by atoms with Crippen molar-refractivity contribution in [1.82, 2.24) is 5.32 Å². The first kappa shape index (κ1) is 14.5. The van der Waals surface area contributed by atoms with Crippen LogP contribution in [0.1, 0.15) is 25.7 Å². The summed E-state index contributed by atoms with van der Waals surface area (Å²) in [7, 11) is 1.69. The summed E-state index contributed by atoms with van der Waals surface area (Å²) in [4.78, 5) is 0. The molecule has 1 atom stereocenters. The summed E-state index contributed by atoms with van der Waals surface area (Å²) in [6.07, 6.45) is 8.77. The molecule has 0 saturated heterocycles. The van der Waals surface area contributed by atoms with Gasteiger partial charge in [-0.1, -0.05) is 0 Å². The van der Waals surface area contributed by atoms with E-state index in [0.717, 1.165) is 45.4 Å². The number of allylic oxidation sites excluding steroid dienone is 1. The molecule has 1 rings (SSSR count). The minimum atomic E-state index is 0.359. The maximum Gasteiger partial charge on any atom is 0.110 e. The average molecular weight is 243 g/mol. The summed E-state index contributed by atoms with van der Waals surface area (Å²) in [5.74, 6) is 0. The van der Waals surface area contributed by atoms with Crippen molar-refractivity contribution in [3.63, 3.8) is 0 Å². The molecule has 17 heavy (non-hydrogen) atoms. The third kappa shape index (κ3) is 8.18. The van der Waals surface area contributed by atoms with Crippen molar-refractivity contribution in [2.24, 2.45) is 0 Å². The lowest BCUT2D eigenvalue weighted by Crippen LogP contribution is -2.29. The minimum Gasteiger partial charge on any atom is -0.497 e. The summed E-state index contributed by atoms with van der Waals surface area (Å²) in [6, 6.07) is 0. The van der Waals surface area contributed by atoms with Crippen molar-refractivity contribution in [3.8, 4) is 0 Å². The Hall–Kier alpha value is -0.580. The number of hydrogen-bond acceptors (Lipinski definition) is 4. The first-order chi connectivity index (χ1) is 8.43. The molecule has 1 unspecified atom stereocenters. The second-order valence-corrected chi connectivity index (χ2v) is 4.22. The van der Waals surface area contributed by atoms with Crippen LogP contribution in [0.25, 0.3) is 0 Å². The molecule has 0 aromatic rings. The summed E-state index contributed by atoms with van der Waals surface area (Å²) in [5, 5.41) is 3.42. The van der Waals surface area contributed by atoms with Gasteiger partial charge in [0.2, 0.25) is 0 Å². The van der Waals surface area contributed by atoms with Crippen LogP contribution in [-0.4, -0.2) is 46.1 Å². The smallest absolute Gasteiger partial charge is 0.110 e. The molecular weight excluding hydrogens is 218 g/mol. The van der Waals surface area contributed by atoms with E-state index < -0.39 is 0 Å². The van der Waals surface area contributed by atoms with Crippen molar-refractivity contribution in [2.75, 3.05) is 40.0 Å². The molecule has 0 spiro atoms. The van der Waals surface area contributed by atoms with Crippen LogP contribution in [-0.2, 0) is 14.2 Å². The Balaban J connectivity index is 1.76. The van der Waals surface area contributed by atoms with Crippen LogP contribution in [0.2, 0.25) is 0 Å². The Kier molecular flexibility index (Phi) is 9.00. The van der Waals surface area contributed by atoms with Crippen molar-refractivity contribution < 1.29 is 14.2 Å². The lowest BCUT2D eigenvalue weighted by atomic mass is 10.1. The van der Waals surface area contributed by atoms with Gasteiger partial charge in [-0.05, 0) is 38.3 Å². The fraction of sp³-hybridized carbons (Fsp3) is 0.846. The Labute approximate surface area is 104 Å². The fourth-order valence-corrected chi connectivity index (χ4v) is 1.70. The summed E-state index contributed by atoms with van der Waals surface area (Å²) in [6.45, 7) is 4.21. The third-order valence-corrected chi connectivity index (χ3v) is 2.72. The molecular formula is C13H25NO3.